The summed E-state index contributed by atoms with van der Waals surface area (Å²) in [5.74, 6) is 4.64. The first-order valence-corrected chi connectivity index (χ1v) is 44.1. The van der Waals surface area contributed by atoms with Crippen LogP contribution in [0.5, 0.6) is 0 Å². The zero-order valence-corrected chi connectivity index (χ0v) is 62.7. The Labute approximate surface area is 617 Å². The van der Waals surface area contributed by atoms with Gasteiger partial charge in [-0.1, -0.05) is 38.5 Å². The van der Waals surface area contributed by atoms with Crippen LogP contribution in [0.15, 0.2) is 0 Å². The highest BCUT2D eigenvalue weighted by Crippen LogP contribution is 2.69. The van der Waals surface area contributed by atoms with Gasteiger partial charge in [0.25, 0.3) is 0 Å². The summed E-state index contributed by atoms with van der Waals surface area (Å²) in [6.45, 7) is 3.73. The van der Waals surface area contributed by atoms with E-state index in [1.54, 1.807) is 0 Å². The summed E-state index contributed by atoms with van der Waals surface area (Å²) in [4.78, 5) is 112. The number of amides is 4. The second-order valence-corrected chi connectivity index (χ2v) is 39.7. The Kier molecular flexibility index (Phi) is 18.7. The molecule has 24 fully saturated rings. The summed E-state index contributed by atoms with van der Waals surface area (Å²) in [6, 6.07) is 0. The molecule has 0 radical (unpaired) electrons. The highest BCUT2D eigenvalue weighted by Gasteiger charge is 2.72. The van der Waals surface area contributed by atoms with Gasteiger partial charge in [-0.15, -0.1) is 0 Å². The Bertz CT molecular complexity index is 2830. The Morgan fingerprint density at radius 1 is 0.260 bits per heavy atom. The van der Waals surface area contributed by atoms with Gasteiger partial charge in [0.1, 0.15) is 0 Å². The molecule has 20 aliphatic carbocycles. The molecule has 0 atom stereocenters. The summed E-state index contributed by atoms with van der Waals surface area (Å²) in [6.07, 6.45) is 45.4. The minimum atomic E-state index is -0.761. The molecule has 578 valence electrons. The molecular formula is C84H126N4O16. The van der Waals surface area contributed by atoms with Gasteiger partial charge in [0.2, 0.25) is 69.9 Å². The summed E-state index contributed by atoms with van der Waals surface area (Å²) in [7, 11) is 0. The fraction of sp³-hybridized carbons (Fsp3) is 0.952. The fourth-order valence-electron chi connectivity index (χ4n) is 28.5. The van der Waals surface area contributed by atoms with Crippen molar-refractivity contribution in [2.45, 2.75) is 342 Å². The summed E-state index contributed by atoms with van der Waals surface area (Å²) >= 11 is 0. The number of carbonyl (C=O) groups is 4. The van der Waals surface area contributed by atoms with Gasteiger partial charge in [0, 0.05) is 162 Å². The summed E-state index contributed by atoms with van der Waals surface area (Å²) in [5, 5.41) is 6.59. The topological polar surface area (TPSA) is 210 Å². The zero-order valence-electron chi connectivity index (χ0n) is 62.7. The van der Waals surface area contributed by atoms with Crippen LogP contribution in [-0.4, -0.2) is 119 Å². The summed E-state index contributed by atoms with van der Waals surface area (Å²) in [5.41, 5.74) is 0. The lowest BCUT2D eigenvalue weighted by Gasteiger charge is -2.57. The maximum absolute atomic E-state index is 14.8. The monoisotopic (exact) mass is 1450 g/mol. The van der Waals surface area contributed by atoms with E-state index in [1.165, 1.54) is 128 Å². The SMILES string of the molecule is O=C(NCCCN(CCCCCCCCCCN(CCCNC(=O)C1CCC2(CC1)OOC1(O2)C2CC3CC(C2)CC1C3)C(=O)C1CCC2(CC1)OOC1(O2)C2CC3CC(C2)CC1C3)C(=O)C1CCC2(CC1)OOC1(O2)C2CC3CC(C2)CC1C3)C1CCC2(CC1)OOC1(O2)C2CC3CC(C2)CC1C3. The van der Waals surface area contributed by atoms with Crippen molar-refractivity contribution in [1.29, 1.82) is 0 Å². The predicted molar refractivity (Wildman–Crippen MR) is 376 cm³/mol. The second kappa shape index (κ2) is 27.7. The number of nitrogens with one attached hydrogen (secondary N) is 2. The molecule has 104 heavy (non-hydrogen) atoms. The van der Waals surface area contributed by atoms with Crippen LogP contribution in [-0.2, 0) is 77.2 Å². The molecule has 4 heterocycles. The van der Waals surface area contributed by atoms with Crippen LogP contribution >= 0.6 is 0 Å². The lowest BCUT2D eigenvalue weighted by molar-refractivity contribution is -0.390. The molecule has 0 aromatic carbocycles. The molecule has 20 heteroatoms. The number of hydrogen-bond acceptors (Lipinski definition) is 16. The first kappa shape index (κ1) is 70.5. The van der Waals surface area contributed by atoms with Crippen molar-refractivity contribution in [3.05, 3.63) is 0 Å². The molecule has 0 unspecified atom stereocenters. The molecule has 4 aliphatic heterocycles. The highest BCUT2D eigenvalue weighted by molar-refractivity contribution is 5.80. The Morgan fingerprint density at radius 3 is 0.712 bits per heavy atom. The van der Waals surface area contributed by atoms with E-state index in [-0.39, 0.29) is 47.3 Å². The third kappa shape index (κ3) is 12.6. The van der Waals surface area contributed by atoms with Gasteiger partial charge in [0.05, 0.1) is 0 Å². The van der Waals surface area contributed by atoms with E-state index in [4.69, 9.17) is 58.0 Å². The number of unbranched alkanes of at least 4 members (excludes halogenated alkanes) is 7. The molecule has 4 amide bonds. The fourth-order valence-corrected chi connectivity index (χ4v) is 28.5. The van der Waals surface area contributed by atoms with Gasteiger partial charge in [0.15, 0.2) is 0 Å². The van der Waals surface area contributed by atoms with Crippen LogP contribution in [0.3, 0.4) is 0 Å². The van der Waals surface area contributed by atoms with Crippen LogP contribution < -0.4 is 10.6 Å². The lowest BCUT2D eigenvalue weighted by Crippen LogP contribution is -2.59. The van der Waals surface area contributed by atoms with Crippen molar-refractivity contribution in [3.8, 4) is 0 Å². The molecular weight excluding hydrogens is 1320 g/mol. The van der Waals surface area contributed by atoms with Crippen LogP contribution in [0.25, 0.3) is 0 Å². The van der Waals surface area contributed by atoms with Gasteiger partial charge in [-0.25, -0.2) is 0 Å². The normalized spacial score (nSPS) is 49.7. The Hall–Kier alpha value is -2.60. The highest BCUT2D eigenvalue weighted by atomic mass is 17.3. The third-order valence-electron chi connectivity index (χ3n) is 33.2. The largest absolute Gasteiger partial charge is 0.356 e. The van der Waals surface area contributed by atoms with Gasteiger partial charge in [-0.05, 0) is 253 Å². The van der Waals surface area contributed by atoms with Crippen molar-refractivity contribution in [1.82, 2.24) is 20.4 Å². The van der Waals surface area contributed by atoms with Crippen molar-refractivity contribution in [2.75, 3.05) is 39.3 Å². The van der Waals surface area contributed by atoms with Crippen LogP contribution in [0.2, 0.25) is 0 Å². The quantitative estimate of drug-likeness (QED) is 0.0720. The van der Waals surface area contributed by atoms with E-state index < -0.39 is 46.3 Å². The Morgan fingerprint density at radius 2 is 0.471 bits per heavy atom. The number of nitrogens with zero attached hydrogens (tertiary/aromatic N) is 2. The summed E-state index contributed by atoms with van der Waals surface area (Å²) < 4.78 is 28.1. The number of carbonyl (C=O) groups excluding carboxylic acids is 4. The molecule has 8 spiro atoms. The molecule has 24 rings (SSSR count). The van der Waals surface area contributed by atoms with E-state index in [2.05, 4.69) is 20.4 Å². The van der Waals surface area contributed by atoms with E-state index in [9.17, 15) is 19.2 Å². The lowest BCUT2D eigenvalue weighted by atomic mass is 9.53. The first-order valence-electron chi connectivity index (χ1n) is 44.1. The van der Waals surface area contributed by atoms with Crippen molar-refractivity contribution < 1.29 is 77.2 Å². The average molecular weight is 1450 g/mol. The molecule has 2 N–H and O–H groups in total. The standard InChI is InChI=1S/C84H126N4O16/c89-73(61-11-19-77(20-12-61)93-81(101-97-77)65-37-53-33-54(39-65)40-66(81)38-53)85-27-9-31-87(75(91)63-15-23-79(24-16-63)95-83(103-99-79)69-45-57-35-58(47-69)48-70(83)46-57)29-7-5-3-1-2-4-6-8-30-88(76(92)64-17-25-80(26-18-64)96-84(104-100-80)71-49-59-36-60(51-71)52-72(84)50-59)32-10-28-86-74(90)62-13-21-78(22-14-62)94-82(102-98-78)67-41-55-34-56(43-67)44-68(82)42-55/h53-72H,1-52H2,(H,85,89)(H,86,90). The first-order chi connectivity index (χ1) is 50.6. The minimum absolute atomic E-state index is 0.0901. The molecule has 4 saturated heterocycles. The van der Waals surface area contributed by atoms with E-state index in [0.717, 1.165) is 124 Å². The van der Waals surface area contributed by atoms with Gasteiger partial charge in [-0.2, -0.15) is 39.1 Å². The van der Waals surface area contributed by atoms with Gasteiger partial charge >= 0.3 is 0 Å². The number of ether oxygens (including phenoxy) is 4. The van der Waals surface area contributed by atoms with Crippen LogP contribution in [0.1, 0.15) is 295 Å². The van der Waals surface area contributed by atoms with Crippen molar-refractivity contribution in [2.24, 2.45) is 118 Å². The van der Waals surface area contributed by atoms with Crippen LogP contribution in [0.4, 0.5) is 0 Å². The maximum atomic E-state index is 14.8. The molecule has 16 bridgehead atoms. The smallest absolute Gasteiger partial charge is 0.225 e. The van der Waals surface area contributed by atoms with E-state index >= 15 is 0 Å². The Balaban J connectivity index is 0.417. The minimum Gasteiger partial charge on any atom is -0.356 e. The van der Waals surface area contributed by atoms with E-state index in [1.807, 2.05) is 0 Å². The van der Waals surface area contributed by atoms with Crippen LogP contribution in [0, 0.1) is 118 Å². The molecule has 0 aromatic heterocycles. The predicted octanol–water partition coefficient (Wildman–Crippen LogP) is 14.8. The number of hydrogen-bond donors (Lipinski definition) is 2. The molecule has 0 aromatic rings. The molecule has 24 aliphatic rings. The third-order valence-corrected chi connectivity index (χ3v) is 33.2. The van der Waals surface area contributed by atoms with Gasteiger partial charge < -0.3 is 39.4 Å². The molecule has 20 saturated carbocycles. The van der Waals surface area contributed by atoms with E-state index in [0.29, 0.717) is 177 Å². The number of rotatable bonds is 23. The van der Waals surface area contributed by atoms with Gasteiger partial charge in [-0.3, -0.25) is 19.2 Å². The maximum Gasteiger partial charge on any atom is 0.225 e. The van der Waals surface area contributed by atoms with Crippen molar-refractivity contribution in [3.63, 3.8) is 0 Å². The average Bonchev–Trinajstić information content (AvgIpc) is 1.53. The van der Waals surface area contributed by atoms with Crippen molar-refractivity contribution >= 4 is 23.6 Å². The zero-order chi connectivity index (χ0) is 69.7. The second-order valence-electron chi connectivity index (χ2n) is 39.7. The molecule has 20 nitrogen and oxygen atoms in total.